The smallest absolute Gasteiger partial charge is 0.237 e. The van der Waals surface area contributed by atoms with Crippen molar-refractivity contribution in [3.63, 3.8) is 0 Å². The maximum atomic E-state index is 5.80. The van der Waals surface area contributed by atoms with Crippen LogP contribution in [0.5, 0.6) is 5.88 Å². The van der Waals surface area contributed by atoms with Crippen LogP contribution >= 0.6 is 0 Å². The quantitative estimate of drug-likeness (QED) is 0.475. The van der Waals surface area contributed by atoms with Crippen LogP contribution in [0, 0.1) is 0 Å². The number of fused-ring (bicyclic) bond motifs is 3. The molecular formula is C25H22N4O. The number of benzene rings is 2. The molecule has 1 aliphatic rings. The molecule has 5 rings (SSSR count). The normalized spacial score (nSPS) is 15.0. The molecule has 2 aromatic heterocycles. The van der Waals surface area contributed by atoms with Crippen molar-refractivity contribution < 1.29 is 4.74 Å². The molecule has 30 heavy (non-hydrogen) atoms. The summed E-state index contributed by atoms with van der Waals surface area (Å²) in [7, 11) is 0. The molecule has 0 radical (unpaired) electrons. The second kappa shape index (κ2) is 7.59. The van der Waals surface area contributed by atoms with E-state index in [1.54, 1.807) is 0 Å². The maximum Gasteiger partial charge on any atom is 0.237 e. The first-order chi connectivity index (χ1) is 14.8. The summed E-state index contributed by atoms with van der Waals surface area (Å²) in [6.07, 6.45) is 3.64. The maximum absolute atomic E-state index is 5.80. The Hall–Kier alpha value is -3.73. The van der Waals surface area contributed by atoms with Gasteiger partial charge < -0.3 is 4.74 Å². The summed E-state index contributed by atoms with van der Waals surface area (Å²) in [4.78, 5) is 14.2. The number of nitrogens with zero attached hydrogens (tertiary/aromatic N) is 4. The van der Waals surface area contributed by atoms with Crippen molar-refractivity contribution in [3.05, 3.63) is 96.2 Å². The molecule has 3 heterocycles. The van der Waals surface area contributed by atoms with Gasteiger partial charge in [0, 0.05) is 11.8 Å². The zero-order valence-electron chi connectivity index (χ0n) is 17.0. The number of ether oxygens (including phenoxy) is 1. The van der Waals surface area contributed by atoms with Crippen molar-refractivity contribution in [1.82, 2.24) is 14.5 Å². The van der Waals surface area contributed by atoms with E-state index in [-0.39, 0.29) is 6.04 Å². The molecule has 0 N–H and O–H groups in total. The molecule has 2 aromatic carbocycles. The molecule has 4 aromatic rings. The average Bonchev–Trinajstić information content (AvgIpc) is 3.17. The Morgan fingerprint density at radius 3 is 2.53 bits per heavy atom. The first kappa shape index (κ1) is 18.3. The lowest BCUT2D eigenvalue weighted by Crippen LogP contribution is -2.08. The van der Waals surface area contributed by atoms with Crippen molar-refractivity contribution >= 4 is 5.71 Å². The summed E-state index contributed by atoms with van der Waals surface area (Å²) in [5.41, 5.74) is 7.04. The SMILES string of the molecule is CCOc1ncn2c1[C@@H](C)N=C(c1ccccn1)c1cc(-c3ccccc3)ccc1-2. The lowest BCUT2D eigenvalue weighted by molar-refractivity contribution is 0.322. The highest BCUT2D eigenvalue weighted by Gasteiger charge is 2.27. The van der Waals surface area contributed by atoms with Gasteiger partial charge in [-0.3, -0.25) is 14.5 Å². The molecular weight excluding hydrogens is 372 g/mol. The highest BCUT2D eigenvalue weighted by Crippen LogP contribution is 2.36. The van der Waals surface area contributed by atoms with Gasteiger partial charge in [0.25, 0.3) is 0 Å². The van der Waals surface area contributed by atoms with Gasteiger partial charge in [0.1, 0.15) is 12.0 Å². The number of imidazole rings is 1. The molecule has 0 unspecified atom stereocenters. The van der Waals surface area contributed by atoms with E-state index in [2.05, 4.69) is 63.9 Å². The minimum Gasteiger partial charge on any atom is -0.477 e. The minimum absolute atomic E-state index is 0.126. The van der Waals surface area contributed by atoms with Gasteiger partial charge in [0.15, 0.2) is 0 Å². The molecule has 0 saturated heterocycles. The van der Waals surface area contributed by atoms with Gasteiger partial charge in [0.2, 0.25) is 5.88 Å². The summed E-state index contributed by atoms with van der Waals surface area (Å²) in [6.45, 7) is 4.60. The fraction of sp³-hybridized carbons (Fsp3) is 0.160. The van der Waals surface area contributed by atoms with Crippen LogP contribution in [0.15, 0.2) is 84.2 Å². The molecule has 148 valence electrons. The van der Waals surface area contributed by atoms with Crippen molar-refractivity contribution in [1.29, 1.82) is 0 Å². The number of pyridine rings is 1. The van der Waals surface area contributed by atoms with Crippen LogP contribution in [-0.4, -0.2) is 26.9 Å². The summed E-state index contributed by atoms with van der Waals surface area (Å²) < 4.78 is 7.90. The topological polar surface area (TPSA) is 52.3 Å². The molecule has 1 aliphatic heterocycles. The number of hydrogen-bond donors (Lipinski definition) is 0. The van der Waals surface area contributed by atoms with Crippen LogP contribution in [0.1, 0.15) is 36.8 Å². The highest BCUT2D eigenvalue weighted by atomic mass is 16.5. The molecule has 0 bridgehead atoms. The Morgan fingerprint density at radius 1 is 0.933 bits per heavy atom. The summed E-state index contributed by atoms with van der Waals surface area (Å²) in [5.74, 6) is 0.633. The van der Waals surface area contributed by atoms with Crippen LogP contribution in [0.2, 0.25) is 0 Å². The van der Waals surface area contributed by atoms with Gasteiger partial charge in [0.05, 0.1) is 29.7 Å². The molecule has 0 saturated carbocycles. The fourth-order valence-electron chi connectivity index (χ4n) is 3.94. The average molecular weight is 394 g/mol. The van der Waals surface area contributed by atoms with E-state index in [0.717, 1.165) is 33.9 Å². The Bertz CT molecular complexity index is 1210. The molecule has 5 heteroatoms. The molecule has 5 nitrogen and oxygen atoms in total. The van der Waals surface area contributed by atoms with Gasteiger partial charge in [-0.2, -0.15) is 0 Å². The third-order valence-electron chi connectivity index (χ3n) is 5.29. The third kappa shape index (κ3) is 3.08. The van der Waals surface area contributed by atoms with Crippen LogP contribution in [-0.2, 0) is 0 Å². The first-order valence-electron chi connectivity index (χ1n) is 10.2. The second-order valence-corrected chi connectivity index (χ2v) is 7.20. The van der Waals surface area contributed by atoms with Gasteiger partial charge in [-0.1, -0.05) is 42.5 Å². The van der Waals surface area contributed by atoms with E-state index in [9.17, 15) is 0 Å². The molecule has 0 amide bonds. The number of aromatic nitrogens is 3. The Morgan fingerprint density at radius 2 is 1.77 bits per heavy atom. The van der Waals surface area contributed by atoms with E-state index in [4.69, 9.17) is 9.73 Å². The standard InChI is InChI=1S/C25H22N4O/c1-3-30-25-24-17(2)28-23(21-11-7-8-14-26-21)20-15-19(18-9-5-4-6-10-18)12-13-22(20)29(24)16-27-25/h4-17H,3H2,1-2H3/t17-/m1/s1. The Labute approximate surface area is 175 Å². The highest BCUT2D eigenvalue weighted by molar-refractivity contribution is 6.14. The predicted octanol–water partition coefficient (Wildman–Crippen LogP) is 5.25. The van der Waals surface area contributed by atoms with E-state index >= 15 is 0 Å². The van der Waals surface area contributed by atoms with Gasteiger partial charge in [-0.05, 0) is 49.2 Å². The van der Waals surface area contributed by atoms with Crippen LogP contribution < -0.4 is 4.74 Å². The summed E-state index contributed by atoms with van der Waals surface area (Å²) in [6, 6.07) is 22.6. The van der Waals surface area contributed by atoms with Crippen molar-refractivity contribution in [2.24, 2.45) is 4.99 Å². The largest absolute Gasteiger partial charge is 0.477 e. The Balaban J connectivity index is 1.77. The second-order valence-electron chi connectivity index (χ2n) is 7.20. The van der Waals surface area contributed by atoms with E-state index in [1.165, 1.54) is 5.56 Å². The van der Waals surface area contributed by atoms with Crippen molar-refractivity contribution in [2.45, 2.75) is 19.9 Å². The van der Waals surface area contributed by atoms with E-state index < -0.39 is 0 Å². The first-order valence-corrected chi connectivity index (χ1v) is 10.2. The molecule has 0 aliphatic carbocycles. The van der Waals surface area contributed by atoms with Gasteiger partial charge >= 0.3 is 0 Å². The summed E-state index contributed by atoms with van der Waals surface area (Å²) in [5, 5.41) is 0. The van der Waals surface area contributed by atoms with Crippen LogP contribution in [0.4, 0.5) is 0 Å². The zero-order chi connectivity index (χ0) is 20.5. The van der Waals surface area contributed by atoms with Crippen molar-refractivity contribution in [3.8, 4) is 22.7 Å². The predicted molar refractivity (Wildman–Crippen MR) is 118 cm³/mol. The number of aliphatic imine (C=N–C) groups is 1. The number of hydrogen-bond acceptors (Lipinski definition) is 4. The molecule has 1 atom stereocenters. The fourth-order valence-corrected chi connectivity index (χ4v) is 3.94. The molecule has 0 fully saturated rings. The lowest BCUT2D eigenvalue weighted by Gasteiger charge is -2.13. The van der Waals surface area contributed by atoms with E-state index in [0.29, 0.717) is 12.5 Å². The zero-order valence-corrected chi connectivity index (χ0v) is 17.0. The summed E-state index contributed by atoms with van der Waals surface area (Å²) >= 11 is 0. The third-order valence-corrected chi connectivity index (χ3v) is 5.29. The van der Waals surface area contributed by atoms with Gasteiger partial charge in [-0.25, -0.2) is 4.98 Å². The van der Waals surface area contributed by atoms with Crippen LogP contribution in [0.3, 0.4) is 0 Å². The Kier molecular flexibility index (Phi) is 4.64. The monoisotopic (exact) mass is 394 g/mol. The van der Waals surface area contributed by atoms with Crippen molar-refractivity contribution in [2.75, 3.05) is 6.61 Å². The van der Waals surface area contributed by atoms with Gasteiger partial charge in [-0.15, -0.1) is 0 Å². The number of rotatable bonds is 4. The van der Waals surface area contributed by atoms with Crippen LogP contribution in [0.25, 0.3) is 16.8 Å². The minimum atomic E-state index is -0.126. The lowest BCUT2D eigenvalue weighted by atomic mass is 9.97. The molecule has 0 spiro atoms. The van der Waals surface area contributed by atoms with E-state index in [1.807, 2.05) is 43.7 Å².